The lowest BCUT2D eigenvalue weighted by atomic mass is 9.76. The van der Waals surface area contributed by atoms with Crippen LogP contribution in [0, 0.1) is 6.92 Å². The summed E-state index contributed by atoms with van der Waals surface area (Å²) in [6.45, 7) is 40.2. The van der Waals surface area contributed by atoms with E-state index in [1.54, 1.807) is 14.0 Å². The fourth-order valence-corrected chi connectivity index (χ4v) is 12.3. The van der Waals surface area contributed by atoms with Crippen molar-refractivity contribution >= 4 is 34.6 Å². The van der Waals surface area contributed by atoms with E-state index in [0.717, 1.165) is 87.9 Å². The molecule has 1 aliphatic rings. The minimum atomic E-state index is -0.219. The molecule has 1 unspecified atom stereocenters. The summed E-state index contributed by atoms with van der Waals surface area (Å²) >= 11 is 0. The first kappa shape index (κ1) is 108. The maximum absolute atomic E-state index is 12.9. The molecule has 1 N–H and O–H groups in total. The van der Waals surface area contributed by atoms with Gasteiger partial charge in [0.25, 0.3) is 5.52 Å². The van der Waals surface area contributed by atoms with E-state index in [9.17, 15) is 9.59 Å². The van der Waals surface area contributed by atoms with E-state index in [1.807, 2.05) is 0 Å². The van der Waals surface area contributed by atoms with Gasteiger partial charge in [-0.25, -0.2) is 0 Å². The van der Waals surface area contributed by atoms with Crippen LogP contribution in [0.1, 0.15) is 135 Å². The van der Waals surface area contributed by atoms with Gasteiger partial charge in [-0.1, -0.05) is 83.2 Å². The van der Waals surface area contributed by atoms with Gasteiger partial charge in [-0.3, -0.25) is 4.79 Å². The quantitative estimate of drug-likeness (QED) is 0.0406. The first-order chi connectivity index (χ1) is 58.9. The van der Waals surface area contributed by atoms with E-state index in [1.165, 1.54) is 28.1 Å². The second-order valence-corrected chi connectivity index (χ2v) is 29.8. The van der Waals surface area contributed by atoms with Crippen LogP contribution in [0.4, 0.5) is 5.69 Å². The Hall–Kier alpha value is -4.63. The molecule has 0 aliphatic carbocycles. The Morgan fingerprint density at radius 3 is 1.13 bits per heavy atom. The zero-order valence-electron chi connectivity index (χ0n) is 74.7. The molecule has 120 heavy (non-hydrogen) atoms. The third-order valence-corrected chi connectivity index (χ3v) is 18.9. The number of amides is 1. The second-order valence-electron chi connectivity index (χ2n) is 29.8. The van der Waals surface area contributed by atoms with E-state index < -0.39 is 0 Å². The average molecular weight is 1710 g/mol. The van der Waals surface area contributed by atoms with Gasteiger partial charge in [-0.15, -0.1) is 0 Å². The van der Waals surface area contributed by atoms with Gasteiger partial charge in [-0.2, -0.15) is 4.57 Å². The number of unbranched alkanes of at least 4 members (excludes halogenated alkanes) is 5. The highest BCUT2D eigenvalue weighted by molar-refractivity contribution is 5.76. The Morgan fingerprint density at radius 1 is 0.433 bits per heavy atom. The summed E-state index contributed by atoms with van der Waals surface area (Å²) < 4.78 is 141. The molecule has 0 spiro atoms. The van der Waals surface area contributed by atoms with Crippen molar-refractivity contribution in [2.75, 3.05) is 336 Å². The largest absolute Gasteiger partial charge is 0.398 e. The summed E-state index contributed by atoms with van der Waals surface area (Å²) in [5.74, 6) is 1.13. The molecule has 0 saturated heterocycles. The van der Waals surface area contributed by atoms with Crippen LogP contribution in [-0.4, -0.2) is 342 Å². The van der Waals surface area contributed by atoms with Crippen LogP contribution in [0.15, 0.2) is 58.7 Å². The summed E-state index contributed by atoms with van der Waals surface area (Å²) in [5.41, 5.74) is 8.24. The Bertz CT molecular complexity index is 2960. The molecule has 1 aliphatic heterocycles. The first-order valence-electron chi connectivity index (χ1n) is 44.2. The molecule has 0 radical (unpaired) electrons. The van der Waals surface area contributed by atoms with Gasteiger partial charge < -0.3 is 133 Å². The van der Waals surface area contributed by atoms with Crippen molar-refractivity contribution in [3.63, 3.8) is 0 Å². The summed E-state index contributed by atoms with van der Waals surface area (Å²) in [4.78, 5) is 27.2. The molecule has 2 aromatic carbocycles. The standard InChI is InChI=1S/C90H155N3O27/c1-9-10-28-93-84-78-81(89(4,5)6)23-25-85(84)120-88(93)21-17-19-86-90(7,26-15-11-13-18-80(3)94)82-77-79(2)22-24-83(82)92(86)29-16-12-14-20-87(95)91-27-30-97-33-34-99-37-38-101-41-42-103-45-46-105-49-50-107-53-54-109-57-58-111-61-62-113-65-66-115-69-70-117-73-74-119-76-75-118-72-71-116-68-67-114-64-63-112-60-59-110-56-55-108-52-51-106-48-47-104-44-43-102-40-39-100-36-35-98-32-31-96-8/h17,19,21-25,77-78H,9-16,18,20,26-76H2,1-8H3/p+1. The molecule has 1 amide bonds. The number of fused-ring (bicyclic) bond motifs is 2. The topological polar surface area (TPSA) is 288 Å². The van der Waals surface area contributed by atoms with Crippen LogP contribution in [0.3, 0.4) is 0 Å². The van der Waals surface area contributed by atoms with E-state index in [-0.39, 0.29) is 22.5 Å². The highest BCUT2D eigenvalue weighted by Crippen LogP contribution is 2.51. The van der Waals surface area contributed by atoms with Crippen LogP contribution < -0.4 is 14.8 Å². The van der Waals surface area contributed by atoms with Gasteiger partial charge >= 0.3 is 5.89 Å². The van der Waals surface area contributed by atoms with Gasteiger partial charge in [-0.05, 0) is 81.2 Å². The number of hydrogen-bond donors (Lipinski definition) is 1. The lowest BCUT2D eigenvalue weighted by Gasteiger charge is -2.30. The number of carbonyl (C=O) groups is 2. The summed E-state index contributed by atoms with van der Waals surface area (Å²) in [7, 11) is 1.64. The molecular weight excluding hydrogens is 1550 g/mol. The number of ether oxygens (including phenoxy) is 24. The summed E-state index contributed by atoms with van der Waals surface area (Å²) in [6.07, 6.45) is 16.5. The van der Waals surface area contributed by atoms with E-state index in [4.69, 9.17) is 118 Å². The van der Waals surface area contributed by atoms with E-state index in [0.29, 0.717) is 330 Å². The number of aromatic nitrogens is 1. The maximum Gasteiger partial charge on any atom is 0.374 e. The highest BCUT2D eigenvalue weighted by atomic mass is 16.6. The third-order valence-electron chi connectivity index (χ3n) is 18.9. The number of nitrogens with zero attached hydrogens (tertiary/aromatic N) is 2. The normalized spacial score (nSPS) is 14.1. The molecule has 30 heteroatoms. The molecule has 1 atom stereocenters. The van der Waals surface area contributed by atoms with Crippen LogP contribution in [-0.2, 0) is 141 Å². The van der Waals surface area contributed by atoms with Gasteiger partial charge in [0.15, 0.2) is 6.54 Å². The number of methoxy groups -OCH3 is 1. The predicted molar refractivity (Wildman–Crippen MR) is 459 cm³/mol. The predicted octanol–water partition coefficient (Wildman–Crippen LogP) is 10.0. The minimum Gasteiger partial charge on any atom is -0.398 e. The summed E-state index contributed by atoms with van der Waals surface area (Å²) in [6, 6.07) is 13.5. The number of ketones is 1. The average Bonchev–Trinajstić information content (AvgIpc) is 1.58. The van der Waals surface area contributed by atoms with Crippen LogP contribution in [0.2, 0.25) is 0 Å². The van der Waals surface area contributed by atoms with Crippen molar-refractivity contribution in [3.8, 4) is 0 Å². The number of nitrogens with one attached hydrogen (secondary N) is 1. The number of oxazole rings is 1. The Balaban J connectivity index is 0.809. The van der Waals surface area contributed by atoms with Gasteiger partial charge in [0.05, 0.1) is 317 Å². The Morgan fingerprint density at radius 2 is 0.783 bits per heavy atom. The highest BCUT2D eigenvalue weighted by Gasteiger charge is 2.43. The number of aryl methyl sites for hydroxylation is 2. The number of rotatable bonds is 89. The van der Waals surface area contributed by atoms with Gasteiger partial charge in [0, 0.05) is 62.3 Å². The fraction of sp³-hybridized carbons (Fsp3) is 0.789. The molecule has 3 aromatic rings. The molecule has 30 nitrogen and oxygen atoms in total. The van der Waals surface area contributed by atoms with Crippen molar-refractivity contribution < 1.29 is 132 Å². The number of Topliss-reactive ketones (excluding diaryl/α,β-unsaturated/α-hetero) is 1. The molecular formula is C90H156N3O27+. The zero-order chi connectivity index (χ0) is 85.8. The number of benzene rings is 2. The number of anilines is 1. The molecule has 0 bridgehead atoms. The van der Waals surface area contributed by atoms with Crippen molar-refractivity contribution in [2.45, 2.75) is 136 Å². The lowest BCUT2D eigenvalue weighted by Crippen LogP contribution is -2.35. The smallest absolute Gasteiger partial charge is 0.374 e. The van der Waals surface area contributed by atoms with Crippen molar-refractivity contribution in [1.29, 1.82) is 0 Å². The fourth-order valence-electron chi connectivity index (χ4n) is 12.3. The number of hydrogen-bond acceptors (Lipinski definition) is 28. The second kappa shape index (κ2) is 75.7. The van der Waals surface area contributed by atoms with Crippen LogP contribution >= 0.6 is 0 Å². The number of carbonyl (C=O) groups excluding carboxylic acids is 2. The van der Waals surface area contributed by atoms with Crippen LogP contribution in [0.5, 0.6) is 0 Å². The van der Waals surface area contributed by atoms with Crippen LogP contribution in [0.25, 0.3) is 17.2 Å². The van der Waals surface area contributed by atoms with Crippen molar-refractivity contribution in [2.24, 2.45) is 0 Å². The van der Waals surface area contributed by atoms with Crippen molar-refractivity contribution in [3.05, 3.63) is 76.8 Å². The molecule has 0 saturated carbocycles. The maximum atomic E-state index is 12.9. The summed E-state index contributed by atoms with van der Waals surface area (Å²) in [5, 5.41) is 3.01. The van der Waals surface area contributed by atoms with Crippen molar-refractivity contribution in [1.82, 2.24) is 5.32 Å². The number of allylic oxidation sites excluding steroid dienone is 3. The third kappa shape index (κ3) is 55.7. The van der Waals surface area contributed by atoms with E-state index in [2.05, 4.69) is 111 Å². The van der Waals surface area contributed by atoms with Gasteiger partial charge in [0.1, 0.15) is 5.78 Å². The lowest BCUT2D eigenvalue weighted by molar-refractivity contribution is -0.678. The Labute approximate surface area is 717 Å². The van der Waals surface area contributed by atoms with Gasteiger partial charge in [0.2, 0.25) is 11.5 Å². The molecule has 1 aromatic heterocycles. The Kier molecular flexibility index (Phi) is 67.9. The molecule has 0 fully saturated rings. The molecule has 2 heterocycles. The minimum absolute atomic E-state index is 0.0266. The first-order valence-corrected chi connectivity index (χ1v) is 44.2. The monoisotopic (exact) mass is 1710 g/mol. The SMILES string of the molecule is CCCC[n+]1c(C=CC=C2N(CCCCCC(=O)NCCOCCOCCOCCOCCOCCOCCOCCOCCOCCOCCOCCOCCOCCOCCOCCOCCOCCOCCOCCOCCOCCOCCOCCOC)c3ccc(C)cc3C2(C)CCCCCC(C)=O)oc2ccc(C(C)(C)C)cc21. The van der Waals surface area contributed by atoms with E-state index >= 15 is 0 Å². The zero-order valence-corrected chi connectivity index (χ0v) is 74.7. The molecule has 692 valence electrons. The molecule has 4 rings (SSSR count).